The highest BCUT2D eigenvalue weighted by atomic mass is 16.5. The normalized spacial score (nSPS) is 21.9. The number of likely N-dealkylation sites (tertiary alicyclic amines) is 1. The molecule has 6 amide bonds. The number of benzene rings is 4. The molecule has 0 saturated carbocycles. The van der Waals surface area contributed by atoms with Gasteiger partial charge in [-0.05, 0) is 177 Å². The molecule has 6 aliphatic heterocycles. The molecule has 0 spiro atoms. The number of aromatic nitrogens is 6. The van der Waals surface area contributed by atoms with Crippen molar-refractivity contribution in [2.75, 3.05) is 160 Å². The molecule has 6 aromatic rings. The molecule has 12 rings (SSSR count). The van der Waals surface area contributed by atoms with Crippen LogP contribution in [0.2, 0.25) is 0 Å². The Kier molecular flexibility index (Phi) is 21.9. The zero-order valence-electron chi connectivity index (χ0n) is 56.8. The van der Waals surface area contributed by atoms with Crippen molar-refractivity contribution in [1.82, 2.24) is 49.5 Å². The number of urea groups is 2. The highest BCUT2D eigenvalue weighted by Gasteiger charge is 2.39. The summed E-state index contributed by atoms with van der Waals surface area (Å²) in [6.07, 6.45) is 4.18. The highest BCUT2D eigenvalue weighted by molar-refractivity contribution is 6.13. The molecule has 0 radical (unpaired) electrons. The predicted octanol–water partition coefficient (Wildman–Crippen LogP) is 5.51. The number of aliphatic hydroxyl groups is 4. The van der Waals surface area contributed by atoms with Gasteiger partial charge in [-0.15, -0.1) is 0 Å². The van der Waals surface area contributed by atoms with Crippen molar-refractivity contribution in [2.24, 2.45) is 0 Å². The lowest BCUT2D eigenvalue weighted by Gasteiger charge is -2.37. The van der Waals surface area contributed by atoms with Crippen molar-refractivity contribution in [3.63, 3.8) is 0 Å². The number of ether oxygens (including phenoxy) is 2. The summed E-state index contributed by atoms with van der Waals surface area (Å²) in [5.74, 6) is 1.68. The summed E-state index contributed by atoms with van der Waals surface area (Å²) in [4.78, 5) is 105. The van der Waals surface area contributed by atoms with Gasteiger partial charge in [-0.25, -0.2) is 9.59 Å². The standard InChI is InChI=1S/C70H92N18O10/c1-45(2)80-31-33-82(34-32-80)64(94)51-9-17-53(18-10-51)72-70(96)88(56-21-13-49(14-22-56)62-74-66(84-36-38-98-44-47(84)4)78-68(76-62)86-59(41-91)25-26-60(86)42-92)87(69(95)71-52-15-7-50(8-16-52)63(93)81-29-27-54(28-30-81)79(5)6)55-19-11-48(12-20-55)61-73-65(83-35-37-97-43-46(83)3)77-67(75-61)85-57(39-89)23-24-58(85)40-90/h7-22,45-47,54,57-60,89-92H,23-44H2,1-6H3,(H,71,95)(H,72,96). The van der Waals surface area contributed by atoms with Gasteiger partial charge in [0, 0.05) is 98.1 Å². The number of hydrogen-bond acceptors (Lipinski definition) is 22. The molecule has 8 heterocycles. The Balaban J connectivity index is 0.944. The van der Waals surface area contributed by atoms with Crippen molar-refractivity contribution in [3.05, 3.63) is 108 Å². The van der Waals surface area contributed by atoms with Gasteiger partial charge in [0.2, 0.25) is 23.8 Å². The topological polar surface area (TPSA) is 301 Å². The SMILES string of the molecule is CC(C)N1CCN(C(=O)c2ccc(NC(=O)N(c3ccc(-c4nc(N5CCOCC5C)nc(N5C(CO)CCC5CO)n4)cc3)N(C(=O)Nc3ccc(C(=O)N4CCC(N(C)C)CC4)cc3)c3ccc(-c4nc(N5CCOCC5C)nc(N5C(CO)CCC5CO)n4)cc3)cc2)CC1. The number of anilines is 8. The van der Waals surface area contributed by atoms with E-state index in [0.717, 1.165) is 25.9 Å². The second kappa shape index (κ2) is 31.0. The third-order valence-electron chi connectivity index (χ3n) is 19.9. The van der Waals surface area contributed by atoms with Crippen LogP contribution in [0.5, 0.6) is 0 Å². The van der Waals surface area contributed by atoms with Crippen LogP contribution in [0, 0.1) is 0 Å². The van der Waals surface area contributed by atoms with Gasteiger partial charge in [0.1, 0.15) is 0 Å². The Hall–Kier alpha value is -8.74. The van der Waals surface area contributed by atoms with Crippen molar-refractivity contribution in [2.45, 2.75) is 115 Å². The van der Waals surface area contributed by atoms with Gasteiger partial charge >= 0.3 is 12.1 Å². The molecular formula is C70H92N18O10. The molecule has 6 N–H and O–H groups in total. The summed E-state index contributed by atoms with van der Waals surface area (Å²) < 4.78 is 11.6. The Morgan fingerprint density at radius 2 is 0.847 bits per heavy atom. The number of nitrogens with zero attached hydrogens (tertiary/aromatic N) is 16. The van der Waals surface area contributed by atoms with Crippen molar-refractivity contribution in [3.8, 4) is 22.8 Å². The fourth-order valence-corrected chi connectivity index (χ4v) is 14.1. The van der Waals surface area contributed by atoms with E-state index in [0.29, 0.717) is 161 Å². The average molecular weight is 1350 g/mol. The number of carbonyl (C=O) groups excluding carboxylic acids is 4. The molecule has 0 aliphatic carbocycles. The fourth-order valence-electron chi connectivity index (χ4n) is 14.1. The van der Waals surface area contributed by atoms with Gasteiger partial charge in [-0.2, -0.15) is 39.9 Å². The number of aliphatic hydroxyl groups excluding tert-OH is 4. The second-order valence-electron chi connectivity index (χ2n) is 26.7. The predicted molar refractivity (Wildman–Crippen MR) is 374 cm³/mol. The Labute approximate surface area is 571 Å². The number of nitrogens with one attached hydrogen (secondary N) is 2. The number of carbonyl (C=O) groups is 4. The molecular weight excluding hydrogens is 1250 g/mol. The van der Waals surface area contributed by atoms with Gasteiger partial charge in [0.05, 0.1) is 100 Å². The van der Waals surface area contributed by atoms with Crippen LogP contribution in [0.25, 0.3) is 22.8 Å². The van der Waals surface area contributed by atoms with E-state index >= 15 is 9.59 Å². The molecule has 28 nitrogen and oxygen atoms in total. The van der Waals surface area contributed by atoms with E-state index in [1.54, 1.807) is 97.1 Å². The third-order valence-corrected chi connectivity index (χ3v) is 19.9. The lowest BCUT2D eigenvalue weighted by Crippen LogP contribution is -2.54. The number of hydrazine groups is 1. The summed E-state index contributed by atoms with van der Waals surface area (Å²) in [5.41, 5.74) is 3.03. The molecule has 98 heavy (non-hydrogen) atoms. The van der Waals surface area contributed by atoms with Gasteiger partial charge in [0.25, 0.3) is 11.8 Å². The van der Waals surface area contributed by atoms with Gasteiger partial charge in [-0.1, -0.05) is 0 Å². The lowest BCUT2D eigenvalue weighted by atomic mass is 10.0. The first-order valence-corrected chi connectivity index (χ1v) is 34.3. The Morgan fingerprint density at radius 1 is 0.480 bits per heavy atom. The highest BCUT2D eigenvalue weighted by Crippen LogP contribution is 2.36. The van der Waals surface area contributed by atoms with Gasteiger partial charge < -0.3 is 74.8 Å². The Morgan fingerprint density at radius 3 is 1.19 bits per heavy atom. The zero-order chi connectivity index (χ0) is 68.7. The smallest absolute Gasteiger partial charge is 0.345 e. The summed E-state index contributed by atoms with van der Waals surface area (Å²) >= 11 is 0. The minimum absolute atomic E-state index is 0.0902. The zero-order valence-corrected chi connectivity index (χ0v) is 56.8. The van der Waals surface area contributed by atoms with Crippen LogP contribution < -0.4 is 40.3 Å². The molecule has 4 aromatic carbocycles. The minimum atomic E-state index is -0.779. The minimum Gasteiger partial charge on any atom is -0.394 e. The van der Waals surface area contributed by atoms with Crippen molar-refractivity contribution in [1.29, 1.82) is 0 Å². The number of rotatable bonds is 18. The van der Waals surface area contributed by atoms with E-state index in [2.05, 4.69) is 48.4 Å². The monoisotopic (exact) mass is 1340 g/mol. The fraction of sp³-hybridized carbons (Fsp3) is 0.514. The molecule has 2 aromatic heterocycles. The summed E-state index contributed by atoms with van der Waals surface area (Å²) in [7, 11) is 4.10. The number of morpholine rings is 2. The van der Waals surface area contributed by atoms with Crippen LogP contribution in [0.3, 0.4) is 0 Å². The van der Waals surface area contributed by atoms with E-state index in [4.69, 9.17) is 39.4 Å². The van der Waals surface area contributed by atoms with Crippen molar-refractivity contribution >= 4 is 70.4 Å². The Bertz CT molecular complexity index is 3450. The molecule has 6 unspecified atom stereocenters. The molecule has 6 aliphatic rings. The van der Waals surface area contributed by atoms with Crippen LogP contribution in [0.1, 0.15) is 86.9 Å². The maximum atomic E-state index is 15.7. The van der Waals surface area contributed by atoms with Crippen LogP contribution in [0.15, 0.2) is 97.1 Å². The van der Waals surface area contributed by atoms with Crippen LogP contribution in [-0.4, -0.2) is 261 Å². The van der Waals surface area contributed by atoms with Crippen molar-refractivity contribution < 1.29 is 49.1 Å². The maximum Gasteiger partial charge on any atom is 0.345 e. The van der Waals surface area contributed by atoms with E-state index in [9.17, 15) is 30.0 Å². The molecule has 6 atom stereocenters. The van der Waals surface area contributed by atoms with Crippen LogP contribution >= 0.6 is 0 Å². The first kappa shape index (κ1) is 69.2. The number of piperidine rings is 1. The lowest BCUT2D eigenvalue weighted by molar-refractivity contribution is 0.0595. The summed E-state index contributed by atoms with van der Waals surface area (Å²) in [5, 5.41) is 50.8. The van der Waals surface area contributed by atoms with E-state index in [1.807, 2.05) is 43.2 Å². The molecule has 6 saturated heterocycles. The van der Waals surface area contributed by atoms with Gasteiger partial charge in [-0.3, -0.25) is 14.5 Å². The molecule has 6 fully saturated rings. The van der Waals surface area contributed by atoms with Crippen LogP contribution in [0.4, 0.5) is 56.1 Å². The van der Waals surface area contributed by atoms with Crippen LogP contribution in [-0.2, 0) is 9.47 Å². The third kappa shape index (κ3) is 15.1. The first-order chi connectivity index (χ1) is 47.5. The molecule has 28 heteroatoms. The van der Waals surface area contributed by atoms with E-state index < -0.39 is 12.1 Å². The molecule has 522 valence electrons. The summed E-state index contributed by atoms with van der Waals surface area (Å²) in [6.45, 7) is 14.3. The van der Waals surface area contributed by atoms with Gasteiger partial charge in [0.15, 0.2) is 11.6 Å². The largest absolute Gasteiger partial charge is 0.394 e. The van der Waals surface area contributed by atoms with E-state index in [-0.39, 0.29) is 97.5 Å². The molecule has 0 bridgehead atoms. The average Bonchev–Trinajstić information content (AvgIpc) is 1.24. The maximum absolute atomic E-state index is 15.7. The second-order valence-corrected chi connectivity index (χ2v) is 26.7. The quantitative estimate of drug-likeness (QED) is 0.0578. The first-order valence-electron chi connectivity index (χ1n) is 34.3. The van der Waals surface area contributed by atoms with E-state index in [1.165, 1.54) is 10.0 Å². The number of hydrogen-bond donors (Lipinski definition) is 6. The summed E-state index contributed by atoms with van der Waals surface area (Å²) in [6, 6.07) is 24.6. The number of piperazine rings is 1. The number of amides is 6.